The van der Waals surface area contributed by atoms with Crippen LogP contribution in [0.15, 0.2) is 0 Å². The van der Waals surface area contributed by atoms with Gasteiger partial charge >= 0.3 is 18.0 Å². The van der Waals surface area contributed by atoms with Crippen LogP contribution in [0.3, 0.4) is 0 Å². The third kappa shape index (κ3) is 6.41. The average molecular weight is 302 g/mol. The zero-order valence-electron chi connectivity index (χ0n) is 12.3. The number of urea groups is 1. The minimum absolute atomic E-state index is 0.0157. The van der Waals surface area contributed by atoms with Crippen LogP contribution in [0.25, 0.3) is 0 Å². The molecule has 1 fully saturated rings. The highest BCUT2D eigenvalue weighted by Crippen LogP contribution is 2.00. The predicted molar refractivity (Wildman–Crippen MR) is 73.4 cm³/mol. The fourth-order valence-electron chi connectivity index (χ4n) is 1.87. The largest absolute Gasteiger partial charge is 0.480 e. The van der Waals surface area contributed by atoms with Gasteiger partial charge in [-0.3, -0.25) is 10.2 Å². The van der Waals surface area contributed by atoms with Gasteiger partial charge in [-0.2, -0.15) is 0 Å². The Labute approximate surface area is 123 Å². The summed E-state index contributed by atoms with van der Waals surface area (Å²) in [6, 6.07) is -1.71. The summed E-state index contributed by atoms with van der Waals surface area (Å²) in [6.07, 6.45) is -0.0829. The van der Waals surface area contributed by atoms with Gasteiger partial charge in [-0.1, -0.05) is 0 Å². The quantitative estimate of drug-likeness (QED) is 0.531. The van der Waals surface area contributed by atoms with Gasteiger partial charge in [-0.25, -0.2) is 14.6 Å². The zero-order valence-corrected chi connectivity index (χ0v) is 12.3. The Morgan fingerprint density at radius 1 is 1.24 bits per heavy atom. The van der Waals surface area contributed by atoms with E-state index < -0.39 is 24.0 Å². The van der Waals surface area contributed by atoms with Crippen molar-refractivity contribution in [2.75, 3.05) is 40.3 Å². The second-order valence-electron chi connectivity index (χ2n) is 4.88. The Hall–Kier alpha value is -1.87. The van der Waals surface area contributed by atoms with E-state index in [1.165, 1.54) is 7.11 Å². The molecule has 0 aromatic heterocycles. The van der Waals surface area contributed by atoms with Gasteiger partial charge in [-0.15, -0.1) is 0 Å². The number of likely N-dealkylation sites (N-methyl/N-ethyl adjacent to an activating group) is 1. The van der Waals surface area contributed by atoms with Crippen molar-refractivity contribution >= 4 is 18.0 Å². The van der Waals surface area contributed by atoms with Crippen molar-refractivity contribution in [3.8, 4) is 0 Å². The maximum Gasteiger partial charge on any atom is 0.330 e. The molecule has 0 aliphatic carbocycles. The van der Waals surface area contributed by atoms with Gasteiger partial charge in [0.05, 0.1) is 7.11 Å². The number of amides is 2. The summed E-state index contributed by atoms with van der Waals surface area (Å²) >= 11 is 0. The number of aliphatic carboxylic acids is 1. The monoisotopic (exact) mass is 302 g/mol. The van der Waals surface area contributed by atoms with E-state index in [0.717, 1.165) is 13.1 Å². The third-order valence-corrected chi connectivity index (χ3v) is 3.23. The summed E-state index contributed by atoms with van der Waals surface area (Å²) in [5, 5.41) is 13.1. The van der Waals surface area contributed by atoms with E-state index in [-0.39, 0.29) is 12.8 Å². The van der Waals surface area contributed by atoms with Crippen LogP contribution in [0.5, 0.6) is 0 Å². The van der Waals surface area contributed by atoms with Crippen LogP contribution < -0.4 is 10.7 Å². The molecule has 0 radical (unpaired) electrons. The molecule has 2 amide bonds. The normalized spacial score (nSPS) is 17.8. The number of hydrogen-bond donors (Lipinski definition) is 3. The van der Waals surface area contributed by atoms with Crippen molar-refractivity contribution in [1.82, 2.24) is 20.7 Å². The molecule has 1 aliphatic rings. The summed E-state index contributed by atoms with van der Waals surface area (Å²) in [6.45, 7) is 2.99. The molecule has 0 aromatic carbocycles. The van der Waals surface area contributed by atoms with Crippen molar-refractivity contribution in [3.05, 3.63) is 0 Å². The lowest BCUT2D eigenvalue weighted by molar-refractivity contribution is -0.142. The van der Waals surface area contributed by atoms with Gasteiger partial charge < -0.3 is 20.1 Å². The van der Waals surface area contributed by atoms with Gasteiger partial charge in [0.25, 0.3) is 0 Å². The van der Waals surface area contributed by atoms with E-state index >= 15 is 0 Å². The first-order valence-corrected chi connectivity index (χ1v) is 6.72. The molecule has 9 nitrogen and oxygen atoms in total. The Balaban J connectivity index is 2.38. The SMILES string of the molecule is COC(=O)CC[C@H](NC(=O)NN1CCN(C)CC1)C(=O)O. The first-order chi connectivity index (χ1) is 9.92. The molecule has 0 saturated carbocycles. The lowest BCUT2D eigenvalue weighted by Gasteiger charge is -2.32. The Morgan fingerprint density at radius 3 is 2.38 bits per heavy atom. The highest BCUT2D eigenvalue weighted by molar-refractivity contribution is 5.82. The fourth-order valence-corrected chi connectivity index (χ4v) is 1.87. The molecule has 21 heavy (non-hydrogen) atoms. The van der Waals surface area contributed by atoms with Gasteiger partial charge in [0, 0.05) is 32.6 Å². The van der Waals surface area contributed by atoms with E-state index in [4.69, 9.17) is 5.11 Å². The number of carbonyl (C=O) groups is 3. The molecular formula is C12H22N4O5. The number of piperazine rings is 1. The molecular weight excluding hydrogens is 280 g/mol. The topological polar surface area (TPSA) is 111 Å². The Bertz CT molecular complexity index is 382. The average Bonchev–Trinajstić information content (AvgIpc) is 2.45. The molecule has 0 bridgehead atoms. The van der Waals surface area contributed by atoms with E-state index in [1.54, 1.807) is 5.01 Å². The van der Waals surface area contributed by atoms with Crippen LogP contribution in [0.2, 0.25) is 0 Å². The smallest absolute Gasteiger partial charge is 0.330 e. The van der Waals surface area contributed by atoms with Crippen molar-refractivity contribution in [1.29, 1.82) is 0 Å². The van der Waals surface area contributed by atoms with E-state index in [2.05, 4.69) is 20.4 Å². The molecule has 0 aromatic rings. The minimum atomic E-state index is -1.19. The van der Waals surface area contributed by atoms with Crippen molar-refractivity contribution in [2.24, 2.45) is 0 Å². The second-order valence-corrected chi connectivity index (χ2v) is 4.88. The van der Waals surface area contributed by atoms with Crippen LogP contribution in [-0.4, -0.2) is 79.4 Å². The van der Waals surface area contributed by atoms with Gasteiger partial charge in [0.15, 0.2) is 0 Å². The molecule has 1 saturated heterocycles. The first-order valence-electron chi connectivity index (χ1n) is 6.72. The number of hydrogen-bond acceptors (Lipinski definition) is 6. The van der Waals surface area contributed by atoms with Crippen molar-refractivity contribution in [2.45, 2.75) is 18.9 Å². The maximum atomic E-state index is 11.8. The summed E-state index contributed by atoms with van der Waals surface area (Å²) in [5.74, 6) is -1.70. The number of rotatable bonds is 6. The molecule has 1 heterocycles. The standard InChI is InChI=1S/C12H22N4O5/c1-15-5-7-16(8-6-15)14-12(20)13-9(11(18)19)3-4-10(17)21-2/h9H,3-8H2,1-2H3,(H,18,19)(H2,13,14,20)/t9-/m0/s1. The summed E-state index contributed by atoms with van der Waals surface area (Å²) in [4.78, 5) is 36.0. The van der Waals surface area contributed by atoms with Crippen LogP contribution in [0.4, 0.5) is 4.79 Å². The van der Waals surface area contributed by atoms with Crippen molar-refractivity contribution in [3.63, 3.8) is 0 Å². The van der Waals surface area contributed by atoms with E-state index in [9.17, 15) is 14.4 Å². The number of carboxylic acids is 1. The van der Waals surface area contributed by atoms with Crippen molar-refractivity contribution < 1.29 is 24.2 Å². The highest BCUT2D eigenvalue weighted by Gasteiger charge is 2.23. The van der Waals surface area contributed by atoms with Crippen LogP contribution in [0, 0.1) is 0 Å². The first kappa shape index (κ1) is 17.2. The summed E-state index contributed by atoms with van der Waals surface area (Å²) in [5.41, 5.74) is 2.60. The second kappa shape index (κ2) is 8.42. The van der Waals surface area contributed by atoms with E-state index in [1.807, 2.05) is 7.05 Å². The zero-order chi connectivity index (χ0) is 15.8. The molecule has 1 atom stereocenters. The Morgan fingerprint density at radius 2 is 1.86 bits per heavy atom. The fraction of sp³-hybridized carbons (Fsp3) is 0.750. The number of carbonyl (C=O) groups excluding carboxylic acids is 2. The number of ether oxygens (including phenoxy) is 1. The summed E-state index contributed by atoms with van der Waals surface area (Å²) < 4.78 is 4.44. The molecule has 0 spiro atoms. The molecule has 1 aliphatic heterocycles. The number of nitrogens with zero attached hydrogens (tertiary/aromatic N) is 2. The van der Waals surface area contributed by atoms with Gasteiger partial charge in [-0.05, 0) is 13.5 Å². The minimum Gasteiger partial charge on any atom is -0.480 e. The lowest BCUT2D eigenvalue weighted by Crippen LogP contribution is -2.56. The lowest BCUT2D eigenvalue weighted by atomic mass is 10.1. The predicted octanol–water partition coefficient (Wildman–Crippen LogP) is -1.15. The van der Waals surface area contributed by atoms with Gasteiger partial charge in [0.2, 0.25) is 0 Å². The third-order valence-electron chi connectivity index (χ3n) is 3.23. The van der Waals surface area contributed by atoms with Gasteiger partial charge in [0.1, 0.15) is 6.04 Å². The molecule has 3 N–H and O–H groups in total. The van der Waals surface area contributed by atoms with Crippen LogP contribution in [0.1, 0.15) is 12.8 Å². The van der Waals surface area contributed by atoms with Crippen LogP contribution in [-0.2, 0) is 14.3 Å². The highest BCUT2D eigenvalue weighted by atomic mass is 16.5. The number of esters is 1. The molecule has 0 unspecified atom stereocenters. The number of hydrazine groups is 1. The van der Waals surface area contributed by atoms with E-state index in [0.29, 0.717) is 13.1 Å². The number of nitrogens with one attached hydrogen (secondary N) is 2. The summed E-state index contributed by atoms with van der Waals surface area (Å²) in [7, 11) is 3.22. The number of carboxylic acid groups (broad SMARTS) is 1. The maximum absolute atomic E-state index is 11.8. The number of methoxy groups -OCH3 is 1. The molecule has 9 heteroatoms. The Kier molecular flexibility index (Phi) is 6.89. The molecule has 120 valence electrons. The molecule has 1 rings (SSSR count). The van der Waals surface area contributed by atoms with Crippen LogP contribution >= 0.6 is 0 Å².